The monoisotopic (exact) mass is 343 g/mol. The number of aromatic amines is 1. The van der Waals surface area contributed by atoms with Crippen LogP contribution >= 0.6 is 0 Å². The van der Waals surface area contributed by atoms with E-state index in [0.29, 0.717) is 23.0 Å². The Morgan fingerprint density at radius 2 is 2.08 bits per heavy atom. The van der Waals surface area contributed by atoms with Crippen LogP contribution in [0.15, 0.2) is 18.3 Å². The molecule has 2 aromatic heterocycles. The summed E-state index contributed by atoms with van der Waals surface area (Å²) in [5, 5.41) is 4.45. The molecule has 1 saturated heterocycles. The Balaban J connectivity index is 1.78. The van der Waals surface area contributed by atoms with Crippen molar-refractivity contribution in [3.63, 3.8) is 0 Å². The van der Waals surface area contributed by atoms with Crippen molar-refractivity contribution in [1.29, 1.82) is 0 Å². The number of hydrogen-bond donors (Lipinski definition) is 2. The molecule has 0 saturated carbocycles. The number of piperidine rings is 1. The molecule has 7 heteroatoms. The number of imidazole rings is 1. The molecule has 3 aromatic rings. The molecule has 6 nitrogen and oxygen atoms in total. The molecule has 0 bridgehead atoms. The van der Waals surface area contributed by atoms with Gasteiger partial charge in [-0.25, -0.2) is 8.91 Å². The van der Waals surface area contributed by atoms with Crippen molar-refractivity contribution in [1.82, 2.24) is 19.5 Å². The highest BCUT2D eigenvalue weighted by atomic mass is 19.1. The molecule has 1 fully saturated rings. The fourth-order valence-electron chi connectivity index (χ4n) is 3.92. The number of nitrogens with zero attached hydrogens (tertiary/aromatic N) is 3. The third kappa shape index (κ3) is 2.59. The van der Waals surface area contributed by atoms with Gasteiger partial charge in [0.25, 0.3) is 5.91 Å². The van der Waals surface area contributed by atoms with E-state index in [2.05, 4.69) is 28.8 Å². The van der Waals surface area contributed by atoms with Crippen LogP contribution in [-0.2, 0) is 0 Å². The molecule has 1 aliphatic rings. The number of nitrogens with one attached hydrogen (secondary N) is 1. The molecule has 132 valence electrons. The maximum atomic E-state index is 13.8. The summed E-state index contributed by atoms with van der Waals surface area (Å²) < 4.78 is 15.5. The fourth-order valence-corrected chi connectivity index (χ4v) is 3.92. The topological polar surface area (TPSA) is 79.4 Å². The Morgan fingerprint density at radius 3 is 2.72 bits per heavy atom. The van der Waals surface area contributed by atoms with Crippen LogP contribution in [0.3, 0.4) is 0 Å². The number of H-pyrrole nitrogens is 1. The van der Waals surface area contributed by atoms with Crippen LogP contribution in [0, 0.1) is 5.82 Å². The molecule has 3 heterocycles. The number of fused-ring (bicyclic) bond motifs is 3. The number of halogens is 1. The Hall–Kier alpha value is -2.41. The normalized spacial score (nSPS) is 17.1. The Labute approximate surface area is 144 Å². The molecular weight excluding hydrogens is 321 g/mol. The first-order valence-electron chi connectivity index (χ1n) is 8.68. The number of likely N-dealkylation sites (tertiary alicyclic amines) is 1. The lowest BCUT2D eigenvalue weighted by Gasteiger charge is -2.34. The lowest BCUT2D eigenvalue weighted by molar-refractivity contribution is 0.100. The second kappa shape index (κ2) is 5.84. The minimum absolute atomic E-state index is 0.144. The molecule has 1 amide bonds. The van der Waals surface area contributed by atoms with E-state index in [0.717, 1.165) is 37.1 Å². The zero-order valence-electron chi connectivity index (χ0n) is 14.4. The summed E-state index contributed by atoms with van der Waals surface area (Å²) in [6, 6.07) is 3.10. The van der Waals surface area contributed by atoms with Crippen molar-refractivity contribution in [3.8, 4) is 0 Å². The van der Waals surface area contributed by atoms with Crippen molar-refractivity contribution in [3.05, 3.63) is 35.3 Å². The van der Waals surface area contributed by atoms with Gasteiger partial charge >= 0.3 is 0 Å². The number of hydrogen-bond acceptors (Lipinski definition) is 3. The summed E-state index contributed by atoms with van der Waals surface area (Å²) in [5.74, 6) is -0.743. The smallest absolute Gasteiger partial charge is 0.251 e. The van der Waals surface area contributed by atoms with Gasteiger partial charge in [0.1, 0.15) is 17.0 Å². The molecule has 3 N–H and O–H groups in total. The maximum absolute atomic E-state index is 13.8. The van der Waals surface area contributed by atoms with E-state index in [1.54, 1.807) is 4.52 Å². The molecule has 0 unspecified atom stereocenters. The van der Waals surface area contributed by atoms with Crippen LogP contribution in [-0.4, -0.2) is 44.5 Å². The van der Waals surface area contributed by atoms with Gasteiger partial charge < -0.3 is 15.6 Å². The van der Waals surface area contributed by atoms with Gasteiger partial charge in [-0.1, -0.05) is 0 Å². The van der Waals surface area contributed by atoms with Crippen LogP contribution in [0.25, 0.3) is 16.7 Å². The Bertz CT molecular complexity index is 949. The third-order valence-corrected chi connectivity index (χ3v) is 5.30. The van der Waals surface area contributed by atoms with Gasteiger partial charge in [0.05, 0.1) is 17.3 Å². The van der Waals surface area contributed by atoms with E-state index in [1.807, 2.05) is 6.20 Å². The first kappa shape index (κ1) is 16.1. The molecule has 0 aliphatic carbocycles. The van der Waals surface area contributed by atoms with Gasteiger partial charge in [-0.2, -0.15) is 5.10 Å². The number of aromatic nitrogens is 3. The highest BCUT2D eigenvalue weighted by molar-refractivity contribution is 6.05. The van der Waals surface area contributed by atoms with E-state index in [9.17, 15) is 9.18 Å². The molecule has 0 atom stereocenters. The van der Waals surface area contributed by atoms with Crippen LogP contribution in [0.1, 0.15) is 48.5 Å². The highest BCUT2D eigenvalue weighted by Crippen LogP contribution is 2.33. The van der Waals surface area contributed by atoms with Crippen molar-refractivity contribution in [2.75, 3.05) is 13.1 Å². The molecule has 0 radical (unpaired) electrons. The second-order valence-electron chi connectivity index (χ2n) is 7.10. The summed E-state index contributed by atoms with van der Waals surface area (Å²) in [5.41, 5.74) is 8.59. The number of nitrogens with two attached hydrogens (primary N) is 1. The van der Waals surface area contributed by atoms with Crippen LogP contribution in [0.4, 0.5) is 4.39 Å². The minimum Gasteiger partial charge on any atom is -0.366 e. The standard InChI is InChI=1S/C18H22FN5O/c1-10(2)23-5-3-11(4-6-23)14-9-21-24-16-13(17(20)25)7-12(19)8-15(16)22-18(14)24/h7-11,22H,3-6H2,1-2H3,(H2,20,25). The largest absolute Gasteiger partial charge is 0.366 e. The SMILES string of the molecule is CC(C)N1CCC(c2cnn3c2[nH]c2cc(F)cc(C(N)=O)c23)CC1. The summed E-state index contributed by atoms with van der Waals surface area (Å²) in [6.07, 6.45) is 3.98. The molecule has 1 aliphatic heterocycles. The lowest BCUT2D eigenvalue weighted by Crippen LogP contribution is -2.37. The quantitative estimate of drug-likeness (QED) is 0.767. The molecule has 1 aromatic carbocycles. The van der Waals surface area contributed by atoms with E-state index in [4.69, 9.17) is 5.73 Å². The van der Waals surface area contributed by atoms with E-state index in [1.165, 1.54) is 12.1 Å². The number of amides is 1. The van der Waals surface area contributed by atoms with Gasteiger partial charge in [-0.15, -0.1) is 0 Å². The van der Waals surface area contributed by atoms with Crippen LogP contribution in [0.5, 0.6) is 0 Å². The molecular formula is C18H22FN5O. The summed E-state index contributed by atoms with van der Waals surface area (Å²) in [7, 11) is 0. The average Bonchev–Trinajstić information content (AvgIpc) is 3.12. The van der Waals surface area contributed by atoms with E-state index < -0.39 is 11.7 Å². The van der Waals surface area contributed by atoms with Crippen molar-refractivity contribution in [2.24, 2.45) is 5.73 Å². The van der Waals surface area contributed by atoms with Gasteiger partial charge in [0.2, 0.25) is 0 Å². The van der Waals surface area contributed by atoms with Crippen LogP contribution < -0.4 is 5.73 Å². The maximum Gasteiger partial charge on any atom is 0.251 e. The first-order chi connectivity index (χ1) is 12.0. The van der Waals surface area contributed by atoms with E-state index >= 15 is 0 Å². The number of carbonyl (C=O) groups excluding carboxylic acids is 1. The average molecular weight is 343 g/mol. The predicted octanol–water partition coefficient (Wildman–Crippen LogP) is 2.64. The lowest BCUT2D eigenvalue weighted by atomic mass is 9.90. The summed E-state index contributed by atoms with van der Waals surface area (Å²) >= 11 is 0. The molecule has 4 rings (SSSR count). The van der Waals surface area contributed by atoms with Crippen molar-refractivity contribution >= 4 is 22.6 Å². The van der Waals surface area contributed by atoms with E-state index in [-0.39, 0.29) is 5.56 Å². The van der Waals surface area contributed by atoms with Crippen molar-refractivity contribution in [2.45, 2.75) is 38.6 Å². The van der Waals surface area contributed by atoms with Crippen LogP contribution in [0.2, 0.25) is 0 Å². The molecule has 25 heavy (non-hydrogen) atoms. The minimum atomic E-state index is -0.660. The van der Waals surface area contributed by atoms with Gasteiger partial charge in [-0.05, 0) is 57.8 Å². The fraction of sp³-hybridized carbons (Fsp3) is 0.444. The second-order valence-corrected chi connectivity index (χ2v) is 7.10. The predicted molar refractivity (Wildman–Crippen MR) is 94.2 cm³/mol. The van der Waals surface area contributed by atoms with Gasteiger partial charge in [0, 0.05) is 11.6 Å². The summed E-state index contributed by atoms with van der Waals surface area (Å²) in [6.45, 7) is 6.55. The highest BCUT2D eigenvalue weighted by Gasteiger charge is 2.26. The van der Waals surface area contributed by atoms with Gasteiger partial charge in [-0.3, -0.25) is 4.79 Å². The zero-order chi connectivity index (χ0) is 17.7. The van der Waals surface area contributed by atoms with Gasteiger partial charge in [0.15, 0.2) is 0 Å². The Morgan fingerprint density at radius 1 is 1.36 bits per heavy atom. The third-order valence-electron chi connectivity index (χ3n) is 5.30. The number of benzene rings is 1. The summed E-state index contributed by atoms with van der Waals surface area (Å²) in [4.78, 5) is 17.4. The van der Waals surface area contributed by atoms with Crippen molar-refractivity contribution < 1.29 is 9.18 Å². The molecule has 0 spiro atoms. The number of primary amides is 1. The number of rotatable bonds is 3. The zero-order valence-corrected chi connectivity index (χ0v) is 14.4. The first-order valence-corrected chi connectivity index (χ1v) is 8.68. The Kier molecular flexibility index (Phi) is 3.76. The number of carbonyl (C=O) groups is 1.